The van der Waals surface area contributed by atoms with Crippen molar-refractivity contribution < 1.29 is 10.0 Å². The molecule has 1 fully saturated rings. The van der Waals surface area contributed by atoms with Crippen LogP contribution in [0.2, 0.25) is 0 Å². The van der Waals surface area contributed by atoms with Gasteiger partial charge in [-0.3, -0.25) is 4.79 Å². The van der Waals surface area contributed by atoms with E-state index in [2.05, 4.69) is 22.4 Å². The minimum atomic E-state index is -0.973. The summed E-state index contributed by atoms with van der Waals surface area (Å²) < 4.78 is 0. The topological polar surface area (TPSA) is 91.0 Å². The van der Waals surface area contributed by atoms with E-state index in [-0.39, 0.29) is 11.7 Å². The van der Waals surface area contributed by atoms with Crippen LogP contribution in [0.1, 0.15) is 20.3 Å². The molecule has 1 rings (SSSR count). The Hall–Kier alpha value is -1.30. The van der Waals surface area contributed by atoms with Crippen molar-refractivity contribution in [2.75, 3.05) is 26.7 Å². The first-order chi connectivity index (χ1) is 7.87. The lowest BCUT2D eigenvalue weighted by Crippen LogP contribution is -2.47. The third-order valence-corrected chi connectivity index (χ3v) is 3.36. The van der Waals surface area contributed by atoms with Gasteiger partial charge in [-0.25, -0.2) is 0 Å². The summed E-state index contributed by atoms with van der Waals surface area (Å²) in [6.07, 6.45) is 1.10. The van der Waals surface area contributed by atoms with Crippen molar-refractivity contribution in [2.24, 2.45) is 22.2 Å². The molecule has 0 aliphatic carbocycles. The van der Waals surface area contributed by atoms with Crippen LogP contribution in [-0.2, 0) is 4.79 Å². The van der Waals surface area contributed by atoms with Crippen molar-refractivity contribution >= 4 is 11.7 Å². The average Bonchev–Trinajstić information content (AvgIpc) is 2.70. The Balaban J connectivity index is 2.44. The minimum Gasteiger partial charge on any atom is -0.409 e. The van der Waals surface area contributed by atoms with Gasteiger partial charge in [0.15, 0.2) is 5.84 Å². The van der Waals surface area contributed by atoms with Crippen molar-refractivity contribution in [2.45, 2.75) is 20.3 Å². The van der Waals surface area contributed by atoms with Gasteiger partial charge in [0.05, 0.1) is 0 Å². The molecule has 4 N–H and O–H groups in total. The third kappa shape index (κ3) is 3.33. The van der Waals surface area contributed by atoms with Gasteiger partial charge in [-0.05, 0) is 39.8 Å². The molecule has 98 valence electrons. The van der Waals surface area contributed by atoms with Gasteiger partial charge < -0.3 is 21.2 Å². The van der Waals surface area contributed by atoms with Crippen LogP contribution in [0.3, 0.4) is 0 Å². The van der Waals surface area contributed by atoms with Gasteiger partial charge in [-0.1, -0.05) is 5.16 Å². The Morgan fingerprint density at radius 2 is 2.29 bits per heavy atom. The first-order valence-corrected chi connectivity index (χ1v) is 5.82. The highest BCUT2D eigenvalue weighted by Crippen LogP contribution is 2.17. The predicted octanol–water partition coefficient (Wildman–Crippen LogP) is -0.173. The van der Waals surface area contributed by atoms with Gasteiger partial charge in [-0.15, -0.1) is 0 Å². The number of nitrogens with one attached hydrogen (secondary N) is 1. The molecule has 0 aromatic rings. The summed E-state index contributed by atoms with van der Waals surface area (Å²) in [5, 5.41) is 14.4. The molecule has 6 heteroatoms. The Morgan fingerprint density at radius 3 is 2.76 bits per heavy atom. The second-order valence-corrected chi connectivity index (χ2v) is 5.24. The fourth-order valence-electron chi connectivity index (χ4n) is 1.89. The van der Waals surface area contributed by atoms with Gasteiger partial charge in [0.25, 0.3) is 0 Å². The number of nitrogens with two attached hydrogens (primary N) is 1. The Bertz CT molecular complexity index is 315. The highest BCUT2D eigenvalue weighted by molar-refractivity contribution is 6.05. The van der Waals surface area contributed by atoms with Crippen LogP contribution in [-0.4, -0.2) is 48.5 Å². The lowest BCUT2D eigenvalue weighted by molar-refractivity contribution is -0.126. The largest absolute Gasteiger partial charge is 0.409 e. The van der Waals surface area contributed by atoms with Gasteiger partial charge in [0.2, 0.25) is 5.91 Å². The van der Waals surface area contributed by atoms with Crippen LogP contribution in [0.4, 0.5) is 0 Å². The molecule has 1 saturated heterocycles. The number of amidine groups is 1. The Morgan fingerprint density at radius 1 is 1.65 bits per heavy atom. The van der Waals surface area contributed by atoms with E-state index in [1.165, 1.54) is 0 Å². The van der Waals surface area contributed by atoms with Crippen molar-refractivity contribution in [1.29, 1.82) is 0 Å². The molecular weight excluding hydrogens is 220 g/mol. The maximum Gasteiger partial charge on any atom is 0.233 e. The standard InChI is InChI=1S/C11H22N4O2/c1-11(2,9(12)14-17)10(16)13-6-8-4-5-15(3)7-8/h8,17H,4-7H2,1-3H3,(H2,12,14)(H,13,16). The summed E-state index contributed by atoms with van der Waals surface area (Å²) in [6, 6.07) is 0. The minimum absolute atomic E-state index is 0.0708. The Kier molecular flexibility index (Phi) is 4.34. The lowest BCUT2D eigenvalue weighted by atomic mass is 9.90. The molecule has 17 heavy (non-hydrogen) atoms. The summed E-state index contributed by atoms with van der Waals surface area (Å²) in [5.74, 6) is 0.216. The summed E-state index contributed by atoms with van der Waals surface area (Å²) >= 11 is 0. The third-order valence-electron chi connectivity index (χ3n) is 3.36. The number of nitrogens with zero attached hydrogens (tertiary/aromatic N) is 2. The summed E-state index contributed by atoms with van der Waals surface area (Å²) in [7, 11) is 2.07. The molecule has 0 saturated carbocycles. The normalized spacial score (nSPS) is 22.8. The fourth-order valence-corrected chi connectivity index (χ4v) is 1.89. The molecule has 1 heterocycles. The van der Waals surface area contributed by atoms with E-state index >= 15 is 0 Å². The zero-order chi connectivity index (χ0) is 13.1. The SMILES string of the molecule is CN1CCC(CNC(=O)C(C)(C)C(N)=NO)C1. The van der Waals surface area contributed by atoms with Crippen molar-refractivity contribution in [1.82, 2.24) is 10.2 Å². The summed E-state index contributed by atoms with van der Waals surface area (Å²) in [5.41, 5.74) is 4.52. The number of carbonyl (C=O) groups excluding carboxylic acids is 1. The zero-order valence-corrected chi connectivity index (χ0v) is 10.7. The second-order valence-electron chi connectivity index (χ2n) is 5.24. The van der Waals surface area contributed by atoms with Crippen LogP contribution in [0.5, 0.6) is 0 Å². The number of amides is 1. The zero-order valence-electron chi connectivity index (χ0n) is 10.7. The highest BCUT2D eigenvalue weighted by atomic mass is 16.4. The molecule has 0 radical (unpaired) electrons. The van der Waals surface area contributed by atoms with Gasteiger partial charge in [-0.2, -0.15) is 0 Å². The van der Waals surface area contributed by atoms with Gasteiger partial charge in [0.1, 0.15) is 5.41 Å². The number of hydrogen-bond acceptors (Lipinski definition) is 4. The van der Waals surface area contributed by atoms with E-state index in [1.54, 1.807) is 13.8 Å². The first kappa shape index (κ1) is 13.8. The second kappa shape index (κ2) is 5.35. The van der Waals surface area contributed by atoms with Crippen molar-refractivity contribution in [3.05, 3.63) is 0 Å². The molecule has 1 aliphatic heterocycles. The van der Waals surface area contributed by atoms with E-state index < -0.39 is 5.41 Å². The molecule has 0 bridgehead atoms. The number of hydrogen-bond donors (Lipinski definition) is 3. The summed E-state index contributed by atoms with van der Waals surface area (Å²) in [4.78, 5) is 14.1. The van der Waals surface area contributed by atoms with E-state index in [0.717, 1.165) is 19.5 Å². The molecule has 1 aliphatic rings. The maximum absolute atomic E-state index is 11.9. The molecule has 1 unspecified atom stereocenters. The molecule has 1 amide bonds. The fraction of sp³-hybridized carbons (Fsp3) is 0.818. The molecule has 0 spiro atoms. The molecule has 6 nitrogen and oxygen atoms in total. The number of carbonyl (C=O) groups is 1. The average molecular weight is 242 g/mol. The van der Waals surface area contributed by atoms with E-state index in [4.69, 9.17) is 10.9 Å². The molecule has 0 aromatic heterocycles. The number of likely N-dealkylation sites (tertiary alicyclic amines) is 1. The van der Waals surface area contributed by atoms with Crippen LogP contribution in [0.25, 0.3) is 0 Å². The van der Waals surface area contributed by atoms with Crippen molar-refractivity contribution in [3.8, 4) is 0 Å². The molecular formula is C11H22N4O2. The molecule has 0 aromatic carbocycles. The number of oxime groups is 1. The Labute approximate surface area is 102 Å². The predicted molar refractivity (Wildman–Crippen MR) is 65.8 cm³/mol. The quantitative estimate of drug-likeness (QED) is 0.276. The van der Waals surface area contributed by atoms with Crippen molar-refractivity contribution in [3.63, 3.8) is 0 Å². The highest BCUT2D eigenvalue weighted by Gasteiger charge is 2.33. The van der Waals surface area contributed by atoms with E-state index in [1.807, 2.05) is 0 Å². The maximum atomic E-state index is 11.9. The van der Waals surface area contributed by atoms with E-state index in [0.29, 0.717) is 12.5 Å². The van der Waals surface area contributed by atoms with Crippen LogP contribution < -0.4 is 11.1 Å². The van der Waals surface area contributed by atoms with Crippen LogP contribution in [0.15, 0.2) is 5.16 Å². The lowest BCUT2D eigenvalue weighted by Gasteiger charge is -2.23. The monoisotopic (exact) mass is 242 g/mol. The van der Waals surface area contributed by atoms with Crippen LogP contribution in [0, 0.1) is 11.3 Å². The van der Waals surface area contributed by atoms with E-state index in [9.17, 15) is 4.79 Å². The smallest absolute Gasteiger partial charge is 0.233 e. The molecule has 1 atom stereocenters. The van der Waals surface area contributed by atoms with Crippen LogP contribution >= 0.6 is 0 Å². The number of rotatable bonds is 4. The first-order valence-electron chi connectivity index (χ1n) is 5.82. The summed E-state index contributed by atoms with van der Waals surface area (Å²) in [6.45, 7) is 6.00. The van der Waals surface area contributed by atoms with Gasteiger partial charge >= 0.3 is 0 Å². The van der Waals surface area contributed by atoms with Gasteiger partial charge in [0, 0.05) is 13.1 Å².